The number of hydrogen-bond acceptors (Lipinski definition) is 3. The Morgan fingerprint density at radius 1 is 1.11 bits per heavy atom. The molecular weight excluding hydrogens is 374 g/mol. The number of fused-ring (bicyclic) bond motifs is 1. The maximum Gasteiger partial charge on any atom is 0.275 e. The van der Waals surface area contributed by atoms with Crippen molar-refractivity contribution in [1.82, 2.24) is 24.5 Å². The van der Waals surface area contributed by atoms with E-state index in [-0.39, 0.29) is 5.91 Å². The van der Waals surface area contributed by atoms with E-state index in [9.17, 15) is 4.79 Å². The monoisotopic (exact) mass is 393 g/mol. The van der Waals surface area contributed by atoms with Gasteiger partial charge < -0.3 is 9.47 Å². The lowest BCUT2D eigenvalue weighted by molar-refractivity contribution is 0.0785. The van der Waals surface area contributed by atoms with Crippen LogP contribution in [0.4, 0.5) is 0 Å². The number of hydrogen-bond donors (Lipinski definition) is 0. The third-order valence-corrected chi connectivity index (χ3v) is 4.97. The quantitative estimate of drug-likeness (QED) is 0.501. The molecule has 0 aliphatic heterocycles. The first-order chi connectivity index (χ1) is 13.6. The zero-order valence-electron chi connectivity index (χ0n) is 15.5. The summed E-state index contributed by atoms with van der Waals surface area (Å²) < 4.78 is 3.81. The molecule has 0 saturated carbocycles. The van der Waals surface area contributed by atoms with Gasteiger partial charge in [0.15, 0.2) is 5.69 Å². The van der Waals surface area contributed by atoms with Gasteiger partial charge in [-0.15, -0.1) is 5.10 Å². The van der Waals surface area contributed by atoms with Crippen LogP contribution in [0.25, 0.3) is 10.9 Å². The molecule has 6 nitrogen and oxygen atoms in total. The molecule has 0 N–H and O–H groups in total. The lowest BCUT2D eigenvalue weighted by atomic mass is 10.2. The summed E-state index contributed by atoms with van der Waals surface area (Å²) in [4.78, 5) is 14.3. The lowest BCUT2D eigenvalue weighted by Gasteiger charge is -2.16. The fraction of sp³-hybridized carbons (Fsp3) is 0.190. The molecular formula is C21H20ClN5O. The van der Waals surface area contributed by atoms with E-state index in [0.29, 0.717) is 30.4 Å². The number of carbonyl (C=O) groups is 1. The minimum absolute atomic E-state index is 0.140. The highest BCUT2D eigenvalue weighted by molar-refractivity contribution is 6.30. The Morgan fingerprint density at radius 3 is 2.71 bits per heavy atom. The van der Waals surface area contributed by atoms with Gasteiger partial charge >= 0.3 is 0 Å². The highest BCUT2D eigenvalue weighted by Gasteiger charge is 2.16. The molecule has 0 spiro atoms. The molecule has 0 atom stereocenters. The summed E-state index contributed by atoms with van der Waals surface area (Å²) in [5.41, 5.74) is 2.55. The minimum atomic E-state index is -0.140. The predicted octanol–water partition coefficient (Wildman–Crippen LogP) is 3.71. The van der Waals surface area contributed by atoms with E-state index < -0.39 is 0 Å². The van der Waals surface area contributed by atoms with Crippen molar-refractivity contribution < 1.29 is 4.79 Å². The van der Waals surface area contributed by atoms with Crippen LogP contribution >= 0.6 is 11.6 Å². The van der Waals surface area contributed by atoms with Gasteiger partial charge in [0, 0.05) is 36.9 Å². The van der Waals surface area contributed by atoms with E-state index >= 15 is 0 Å². The summed E-state index contributed by atoms with van der Waals surface area (Å²) in [6.45, 7) is 1.84. The maximum absolute atomic E-state index is 12.7. The van der Waals surface area contributed by atoms with Crippen LogP contribution in [0.1, 0.15) is 16.1 Å². The second-order valence-corrected chi connectivity index (χ2v) is 7.16. The summed E-state index contributed by atoms with van der Waals surface area (Å²) in [5, 5.41) is 9.99. The van der Waals surface area contributed by atoms with Crippen molar-refractivity contribution in [3.05, 3.63) is 83.3 Å². The van der Waals surface area contributed by atoms with Crippen LogP contribution in [-0.2, 0) is 13.1 Å². The molecule has 2 aromatic carbocycles. The molecule has 4 aromatic rings. The second kappa shape index (κ2) is 7.86. The SMILES string of the molecule is CN(CCn1ccc2ccccc21)C(=O)c1cn(Cc2ccc(Cl)cc2)nn1. The Balaban J connectivity index is 1.38. The molecule has 2 heterocycles. The summed E-state index contributed by atoms with van der Waals surface area (Å²) in [6, 6.07) is 17.8. The zero-order valence-corrected chi connectivity index (χ0v) is 16.3. The third-order valence-electron chi connectivity index (χ3n) is 4.72. The molecule has 7 heteroatoms. The molecule has 0 aliphatic carbocycles. The van der Waals surface area contributed by atoms with Gasteiger partial charge in [-0.25, -0.2) is 4.68 Å². The first kappa shape index (κ1) is 18.3. The Kier molecular flexibility index (Phi) is 5.12. The number of rotatable bonds is 6. The predicted molar refractivity (Wildman–Crippen MR) is 109 cm³/mol. The first-order valence-electron chi connectivity index (χ1n) is 9.04. The van der Waals surface area contributed by atoms with Crippen molar-refractivity contribution in [3.8, 4) is 0 Å². The van der Waals surface area contributed by atoms with E-state index in [4.69, 9.17) is 11.6 Å². The topological polar surface area (TPSA) is 56.0 Å². The molecule has 0 radical (unpaired) electrons. The number of nitrogens with zero attached hydrogens (tertiary/aromatic N) is 5. The van der Waals surface area contributed by atoms with Crippen molar-refractivity contribution in [2.24, 2.45) is 0 Å². The van der Waals surface area contributed by atoms with E-state index in [1.54, 1.807) is 22.8 Å². The van der Waals surface area contributed by atoms with Crippen LogP contribution in [-0.4, -0.2) is 44.0 Å². The largest absolute Gasteiger partial charge is 0.346 e. The summed E-state index contributed by atoms with van der Waals surface area (Å²) in [7, 11) is 1.78. The van der Waals surface area contributed by atoms with E-state index in [1.807, 2.05) is 42.6 Å². The maximum atomic E-state index is 12.7. The van der Waals surface area contributed by atoms with E-state index in [0.717, 1.165) is 11.1 Å². The van der Waals surface area contributed by atoms with Gasteiger partial charge in [-0.3, -0.25) is 4.79 Å². The van der Waals surface area contributed by atoms with Crippen LogP contribution in [0.3, 0.4) is 0 Å². The number of para-hydroxylation sites is 1. The van der Waals surface area contributed by atoms with Crippen molar-refractivity contribution in [2.45, 2.75) is 13.1 Å². The highest BCUT2D eigenvalue weighted by Crippen LogP contribution is 2.15. The Morgan fingerprint density at radius 2 is 1.89 bits per heavy atom. The molecule has 0 unspecified atom stereocenters. The van der Waals surface area contributed by atoms with Gasteiger partial charge in [0.1, 0.15) is 0 Å². The fourth-order valence-electron chi connectivity index (χ4n) is 3.14. The van der Waals surface area contributed by atoms with Gasteiger partial charge in [0.2, 0.25) is 0 Å². The lowest BCUT2D eigenvalue weighted by Crippen LogP contribution is -2.30. The summed E-state index contributed by atoms with van der Waals surface area (Å²) in [5.74, 6) is -0.140. The Bertz CT molecular complexity index is 1100. The number of amides is 1. The minimum Gasteiger partial charge on any atom is -0.346 e. The molecule has 28 heavy (non-hydrogen) atoms. The highest BCUT2D eigenvalue weighted by atomic mass is 35.5. The van der Waals surface area contributed by atoms with E-state index in [1.165, 1.54) is 5.39 Å². The average Bonchev–Trinajstić information content (AvgIpc) is 3.34. The zero-order chi connectivity index (χ0) is 19.5. The van der Waals surface area contributed by atoms with Gasteiger partial charge in [-0.2, -0.15) is 0 Å². The van der Waals surface area contributed by atoms with Crippen molar-refractivity contribution in [3.63, 3.8) is 0 Å². The van der Waals surface area contributed by atoms with Crippen LogP contribution in [0.15, 0.2) is 67.0 Å². The molecule has 0 aliphatic rings. The second-order valence-electron chi connectivity index (χ2n) is 6.72. The van der Waals surface area contributed by atoms with Gasteiger partial charge in [-0.1, -0.05) is 47.1 Å². The van der Waals surface area contributed by atoms with Crippen LogP contribution < -0.4 is 0 Å². The Hall–Kier alpha value is -3.12. The van der Waals surface area contributed by atoms with Crippen molar-refractivity contribution in [2.75, 3.05) is 13.6 Å². The van der Waals surface area contributed by atoms with Gasteiger partial charge in [0.05, 0.1) is 12.7 Å². The number of benzene rings is 2. The molecule has 2 aromatic heterocycles. The van der Waals surface area contributed by atoms with Gasteiger partial charge in [0.25, 0.3) is 5.91 Å². The molecule has 0 saturated heterocycles. The molecule has 142 valence electrons. The third kappa shape index (κ3) is 3.92. The first-order valence-corrected chi connectivity index (χ1v) is 9.42. The number of carbonyl (C=O) groups excluding carboxylic acids is 1. The molecule has 0 fully saturated rings. The summed E-state index contributed by atoms with van der Waals surface area (Å²) >= 11 is 5.91. The average molecular weight is 394 g/mol. The van der Waals surface area contributed by atoms with Crippen molar-refractivity contribution >= 4 is 28.4 Å². The fourth-order valence-corrected chi connectivity index (χ4v) is 3.27. The molecule has 1 amide bonds. The standard InChI is InChI=1S/C21H20ClN5O/c1-25(12-13-26-11-10-17-4-2-3-5-20(17)26)21(28)19-15-27(24-23-19)14-16-6-8-18(22)9-7-16/h2-11,15H,12-14H2,1H3. The number of halogens is 1. The van der Waals surface area contributed by atoms with Gasteiger partial charge in [-0.05, 0) is 35.2 Å². The smallest absolute Gasteiger partial charge is 0.275 e. The van der Waals surface area contributed by atoms with E-state index in [2.05, 4.69) is 33.1 Å². The van der Waals surface area contributed by atoms with Crippen LogP contribution in [0.2, 0.25) is 5.02 Å². The number of aromatic nitrogens is 4. The van der Waals surface area contributed by atoms with Crippen LogP contribution in [0, 0.1) is 0 Å². The Labute approximate surface area is 167 Å². The normalized spacial score (nSPS) is 11.1. The van der Waals surface area contributed by atoms with Crippen LogP contribution in [0.5, 0.6) is 0 Å². The molecule has 0 bridgehead atoms. The number of likely N-dealkylation sites (N-methyl/N-ethyl adjacent to an activating group) is 1. The molecule has 4 rings (SSSR count). The summed E-state index contributed by atoms with van der Waals surface area (Å²) in [6.07, 6.45) is 3.73. The van der Waals surface area contributed by atoms with Crippen molar-refractivity contribution in [1.29, 1.82) is 0 Å².